The Morgan fingerprint density at radius 3 is 2.33 bits per heavy atom. The van der Waals surface area contributed by atoms with E-state index in [4.69, 9.17) is 18.9 Å². The lowest BCUT2D eigenvalue weighted by Gasteiger charge is -2.35. The van der Waals surface area contributed by atoms with E-state index in [-0.39, 0.29) is 46.6 Å². The first-order valence-corrected chi connectivity index (χ1v) is 12.3. The number of fused-ring (bicyclic) bond motifs is 2. The Labute approximate surface area is 227 Å². The smallest absolute Gasteiger partial charge is 0.328 e. The van der Waals surface area contributed by atoms with Crippen LogP contribution in [0.1, 0.15) is 35.8 Å². The van der Waals surface area contributed by atoms with Gasteiger partial charge in [0, 0.05) is 17.7 Å². The molecule has 5 rings (SSSR count). The molecule has 0 saturated heterocycles. The second-order valence-corrected chi connectivity index (χ2v) is 9.36. The summed E-state index contributed by atoms with van der Waals surface area (Å²) in [7, 11) is 1.41. The number of aliphatic hydroxyl groups excluding tert-OH is 2. The Morgan fingerprint density at radius 1 is 0.925 bits per heavy atom. The molecular weight excluding hydrogens is 526 g/mol. The van der Waals surface area contributed by atoms with Gasteiger partial charge in [-0.15, -0.1) is 0 Å². The molecule has 0 saturated carbocycles. The molecule has 6 N–H and O–H groups in total. The number of hydrogen-bond donors (Lipinski definition) is 6. The third-order valence-electron chi connectivity index (χ3n) is 6.71. The van der Waals surface area contributed by atoms with Gasteiger partial charge < -0.3 is 49.6 Å². The van der Waals surface area contributed by atoms with Crippen LogP contribution in [0.4, 0.5) is 0 Å². The number of ether oxygens (including phenoxy) is 4. The number of aliphatic carboxylic acids is 1. The van der Waals surface area contributed by atoms with Crippen LogP contribution in [-0.4, -0.2) is 74.3 Å². The minimum Gasteiger partial charge on any atom is -0.508 e. The van der Waals surface area contributed by atoms with Crippen molar-refractivity contribution in [2.45, 2.75) is 37.4 Å². The van der Waals surface area contributed by atoms with E-state index in [0.29, 0.717) is 16.9 Å². The van der Waals surface area contributed by atoms with Crippen LogP contribution < -0.4 is 18.9 Å². The molecule has 5 unspecified atom stereocenters. The summed E-state index contributed by atoms with van der Waals surface area (Å²) >= 11 is 0. The van der Waals surface area contributed by atoms with Crippen LogP contribution in [0.2, 0.25) is 0 Å². The molecule has 3 aromatic carbocycles. The Morgan fingerprint density at radius 2 is 1.62 bits per heavy atom. The van der Waals surface area contributed by atoms with Gasteiger partial charge in [-0.1, -0.05) is 12.1 Å². The molecule has 0 aliphatic carbocycles. The van der Waals surface area contributed by atoms with Gasteiger partial charge in [0.05, 0.1) is 25.0 Å². The third-order valence-corrected chi connectivity index (χ3v) is 6.71. The summed E-state index contributed by atoms with van der Waals surface area (Å²) in [5, 5.41) is 61.1. The lowest BCUT2D eigenvalue weighted by atomic mass is 9.91. The number of methoxy groups -OCH3 is 1. The van der Waals surface area contributed by atoms with Crippen molar-refractivity contribution in [1.29, 1.82) is 0 Å². The van der Waals surface area contributed by atoms with E-state index in [1.54, 1.807) is 30.3 Å². The quantitative estimate of drug-likeness (QED) is 0.263. The second kappa shape index (κ2) is 10.5. The summed E-state index contributed by atoms with van der Waals surface area (Å²) in [5.74, 6) is -1.26. The fourth-order valence-electron chi connectivity index (χ4n) is 4.70. The Kier molecular flexibility index (Phi) is 7.04. The molecule has 5 atom stereocenters. The lowest BCUT2D eigenvalue weighted by molar-refractivity contribution is -0.138. The molecule has 0 spiro atoms. The van der Waals surface area contributed by atoms with Crippen LogP contribution in [-0.2, 0) is 4.79 Å². The van der Waals surface area contributed by atoms with Gasteiger partial charge in [0.15, 0.2) is 41.3 Å². The Hall–Kier alpha value is -4.68. The van der Waals surface area contributed by atoms with E-state index in [1.807, 2.05) is 0 Å². The summed E-state index contributed by atoms with van der Waals surface area (Å²) in [6, 6.07) is 10.4. The maximum Gasteiger partial charge on any atom is 0.328 e. The van der Waals surface area contributed by atoms with E-state index in [9.17, 15) is 35.4 Å². The second-order valence-electron chi connectivity index (χ2n) is 9.36. The van der Waals surface area contributed by atoms with Crippen molar-refractivity contribution in [3.05, 3.63) is 65.2 Å². The highest BCUT2D eigenvalue weighted by Gasteiger charge is 2.40. The first kappa shape index (κ1) is 26.9. The third kappa shape index (κ3) is 4.78. The van der Waals surface area contributed by atoms with Crippen molar-refractivity contribution < 1.29 is 54.4 Å². The van der Waals surface area contributed by atoms with Crippen molar-refractivity contribution in [3.8, 4) is 40.2 Å². The molecule has 3 aromatic rings. The topological polar surface area (TPSA) is 188 Å². The van der Waals surface area contributed by atoms with Crippen molar-refractivity contribution in [1.82, 2.24) is 0 Å². The van der Waals surface area contributed by atoms with Crippen molar-refractivity contribution >= 4 is 11.7 Å². The molecule has 210 valence electrons. The number of carboxylic acids is 1. The average Bonchev–Trinajstić information content (AvgIpc) is 2.93. The number of aromatic hydroxyl groups is 3. The zero-order valence-electron chi connectivity index (χ0n) is 21.4. The van der Waals surface area contributed by atoms with Crippen LogP contribution in [0.15, 0.2) is 53.5 Å². The SMILES string of the molecule is COc1cc(C2Oc3cc(C4Oc5cc(O)cc(O)c5C(=NC(C)C(=O)O)C4O)ccc3OC2CO)ccc1O. The summed E-state index contributed by atoms with van der Waals surface area (Å²) in [6.45, 7) is 0.953. The normalized spacial score (nSPS) is 23.1. The summed E-state index contributed by atoms with van der Waals surface area (Å²) in [4.78, 5) is 15.6. The number of phenolic OH excluding ortho intramolecular Hbond substituents is 3. The predicted octanol–water partition coefficient (Wildman–Crippen LogP) is 2.44. The number of hydrogen-bond acceptors (Lipinski definition) is 11. The lowest BCUT2D eigenvalue weighted by Crippen LogP contribution is -2.38. The van der Waals surface area contributed by atoms with Gasteiger partial charge in [-0.2, -0.15) is 0 Å². The highest BCUT2D eigenvalue weighted by Crippen LogP contribution is 2.46. The van der Waals surface area contributed by atoms with Gasteiger partial charge in [-0.05, 0) is 36.8 Å². The monoisotopic (exact) mass is 553 g/mol. The maximum atomic E-state index is 11.5. The highest BCUT2D eigenvalue weighted by atomic mass is 16.6. The van der Waals surface area contributed by atoms with Crippen LogP contribution >= 0.6 is 0 Å². The zero-order chi connectivity index (χ0) is 28.7. The molecule has 0 fully saturated rings. The number of carbonyl (C=O) groups is 1. The average molecular weight is 554 g/mol. The minimum absolute atomic E-state index is 0.00608. The van der Waals surface area contributed by atoms with E-state index in [2.05, 4.69) is 4.99 Å². The first-order valence-electron chi connectivity index (χ1n) is 12.3. The summed E-state index contributed by atoms with van der Waals surface area (Å²) in [6.07, 6.45) is -4.21. The number of nitrogens with zero attached hydrogens (tertiary/aromatic N) is 1. The van der Waals surface area contributed by atoms with E-state index in [0.717, 1.165) is 6.07 Å². The fraction of sp³-hybridized carbons (Fsp3) is 0.286. The van der Waals surface area contributed by atoms with Crippen LogP contribution in [0.25, 0.3) is 0 Å². The predicted molar refractivity (Wildman–Crippen MR) is 139 cm³/mol. The molecule has 0 radical (unpaired) electrons. The molecule has 2 heterocycles. The van der Waals surface area contributed by atoms with Crippen molar-refractivity contribution in [2.24, 2.45) is 4.99 Å². The first-order chi connectivity index (χ1) is 19.1. The van der Waals surface area contributed by atoms with Crippen LogP contribution in [0, 0.1) is 0 Å². The molecule has 40 heavy (non-hydrogen) atoms. The number of benzene rings is 3. The minimum atomic E-state index is -1.50. The number of aliphatic imine (C=N–C) groups is 1. The number of carboxylic acid groups (broad SMARTS) is 1. The van der Waals surface area contributed by atoms with Crippen molar-refractivity contribution in [3.63, 3.8) is 0 Å². The largest absolute Gasteiger partial charge is 0.508 e. The zero-order valence-corrected chi connectivity index (χ0v) is 21.4. The van der Waals surface area contributed by atoms with Gasteiger partial charge in [-0.25, -0.2) is 4.79 Å². The van der Waals surface area contributed by atoms with Crippen LogP contribution in [0.5, 0.6) is 40.2 Å². The van der Waals surface area contributed by atoms with Crippen LogP contribution in [0.3, 0.4) is 0 Å². The molecule has 2 aliphatic rings. The highest BCUT2D eigenvalue weighted by molar-refractivity contribution is 6.10. The Bertz CT molecular complexity index is 1490. The molecular formula is C28H27NO11. The Balaban J connectivity index is 1.54. The molecule has 0 bridgehead atoms. The number of phenols is 3. The molecule has 12 nitrogen and oxygen atoms in total. The van der Waals surface area contributed by atoms with E-state index >= 15 is 0 Å². The molecule has 2 aliphatic heterocycles. The van der Waals surface area contributed by atoms with Gasteiger partial charge in [0.1, 0.15) is 29.4 Å². The standard InChI is InChI=1S/C28H27NO11/c1-12(28(35)36)29-24-23-17(33)9-15(31)10-21(23)40-27(25(24)34)14-4-6-18-20(8-14)39-26(22(11-30)38-18)13-3-5-16(32)19(7-13)37-2/h3-10,12,22,25-27,30-34H,11H2,1-2H3,(H,35,36). The van der Waals surface area contributed by atoms with Crippen molar-refractivity contribution in [2.75, 3.05) is 13.7 Å². The molecule has 0 aromatic heterocycles. The van der Waals surface area contributed by atoms with Gasteiger partial charge in [0.25, 0.3) is 0 Å². The molecule has 0 amide bonds. The summed E-state index contributed by atoms with van der Waals surface area (Å²) < 4.78 is 23.3. The maximum absolute atomic E-state index is 11.5. The molecule has 12 heteroatoms. The summed E-state index contributed by atoms with van der Waals surface area (Å²) in [5.41, 5.74) is 0.807. The van der Waals surface area contributed by atoms with E-state index < -0.39 is 42.2 Å². The van der Waals surface area contributed by atoms with Gasteiger partial charge in [0.2, 0.25) is 0 Å². The van der Waals surface area contributed by atoms with Gasteiger partial charge in [-0.3, -0.25) is 4.99 Å². The number of aliphatic hydroxyl groups is 2. The number of rotatable bonds is 6. The fourth-order valence-corrected chi connectivity index (χ4v) is 4.70. The van der Waals surface area contributed by atoms with E-state index in [1.165, 1.54) is 26.2 Å². The van der Waals surface area contributed by atoms with Gasteiger partial charge >= 0.3 is 5.97 Å².